The molecule has 2 aliphatic rings. The first kappa shape index (κ1) is 24.1. The normalized spacial score (nSPS) is 18.7. The van der Waals surface area contributed by atoms with Crippen molar-refractivity contribution in [2.24, 2.45) is 0 Å². The smallest absolute Gasteiger partial charge is 0.407 e. The number of amides is 2. The molecule has 1 atom stereocenters. The molecule has 4 rings (SSSR count). The number of benzene rings is 2. The molecule has 0 aromatic heterocycles. The Kier molecular flexibility index (Phi) is 7.43. The molecule has 1 unspecified atom stereocenters. The average Bonchev–Trinajstić information content (AvgIpc) is 3.46. The van der Waals surface area contributed by atoms with Crippen LogP contribution in [0.3, 0.4) is 0 Å². The fraction of sp³-hybridized carbons (Fsp3) is 0.400. The number of carbonyl (C=O) groups excluding carboxylic acids is 2. The lowest BCUT2D eigenvalue weighted by atomic mass is 9.97. The molecule has 180 valence electrons. The van der Waals surface area contributed by atoms with Crippen LogP contribution in [0.1, 0.15) is 23.5 Å². The third-order valence-electron chi connectivity index (χ3n) is 6.50. The van der Waals surface area contributed by atoms with Crippen molar-refractivity contribution < 1.29 is 29.0 Å². The number of nitrogens with one attached hydrogen (secondary N) is 1. The SMILES string of the molecule is CN(C(=O)CSCCNC(=O)OCC1c2ccccc2-c2ccccc21)C1(C(=O)O)CCOC1. The van der Waals surface area contributed by atoms with Gasteiger partial charge in [-0.15, -0.1) is 0 Å². The largest absolute Gasteiger partial charge is 0.479 e. The van der Waals surface area contributed by atoms with Crippen molar-refractivity contribution in [3.8, 4) is 11.1 Å². The van der Waals surface area contributed by atoms with Crippen LogP contribution in [0.15, 0.2) is 48.5 Å². The molecule has 1 aliphatic carbocycles. The molecule has 1 heterocycles. The molecule has 8 nitrogen and oxygen atoms in total. The van der Waals surface area contributed by atoms with Crippen molar-refractivity contribution in [1.29, 1.82) is 0 Å². The summed E-state index contributed by atoms with van der Waals surface area (Å²) in [4.78, 5) is 37.6. The van der Waals surface area contributed by atoms with Crippen LogP contribution in [0.4, 0.5) is 4.79 Å². The number of rotatable bonds is 9. The van der Waals surface area contributed by atoms with Gasteiger partial charge in [0.2, 0.25) is 5.91 Å². The van der Waals surface area contributed by atoms with Crippen LogP contribution in [0, 0.1) is 0 Å². The summed E-state index contributed by atoms with van der Waals surface area (Å²) in [6, 6.07) is 16.3. The Morgan fingerprint density at radius 2 is 1.79 bits per heavy atom. The van der Waals surface area contributed by atoms with Crippen molar-refractivity contribution in [2.45, 2.75) is 17.9 Å². The quantitative estimate of drug-likeness (QED) is 0.527. The molecule has 0 saturated carbocycles. The van der Waals surface area contributed by atoms with Gasteiger partial charge in [0, 0.05) is 38.3 Å². The molecule has 9 heteroatoms. The van der Waals surface area contributed by atoms with E-state index >= 15 is 0 Å². The fourth-order valence-corrected chi connectivity index (χ4v) is 5.26. The molecule has 1 aliphatic heterocycles. The molecule has 1 fully saturated rings. The summed E-state index contributed by atoms with van der Waals surface area (Å²) >= 11 is 1.33. The number of hydrogen-bond donors (Lipinski definition) is 2. The monoisotopic (exact) mass is 484 g/mol. The Balaban J connectivity index is 1.19. The van der Waals surface area contributed by atoms with Gasteiger partial charge in [0.1, 0.15) is 6.61 Å². The predicted molar refractivity (Wildman–Crippen MR) is 129 cm³/mol. The first-order valence-corrected chi connectivity index (χ1v) is 12.3. The van der Waals surface area contributed by atoms with Crippen LogP contribution in [0.5, 0.6) is 0 Å². The van der Waals surface area contributed by atoms with E-state index in [-0.39, 0.29) is 37.2 Å². The summed E-state index contributed by atoms with van der Waals surface area (Å²) in [7, 11) is 1.50. The lowest BCUT2D eigenvalue weighted by Gasteiger charge is -2.33. The van der Waals surface area contributed by atoms with Gasteiger partial charge in [0.15, 0.2) is 5.54 Å². The van der Waals surface area contributed by atoms with Gasteiger partial charge in [-0.2, -0.15) is 11.8 Å². The Morgan fingerprint density at radius 1 is 1.15 bits per heavy atom. The molecule has 1 saturated heterocycles. The number of nitrogens with zero attached hydrogens (tertiary/aromatic N) is 1. The Hall–Kier alpha value is -3.04. The second kappa shape index (κ2) is 10.5. The summed E-state index contributed by atoms with van der Waals surface area (Å²) in [5.74, 6) is -0.707. The van der Waals surface area contributed by atoms with E-state index in [1.54, 1.807) is 0 Å². The molecule has 2 N–H and O–H groups in total. The third-order valence-corrected chi connectivity index (χ3v) is 7.44. The number of carboxylic acids is 1. The highest BCUT2D eigenvalue weighted by molar-refractivity contribution is 7.99. The highest BCUT2D eigenvalue weighted by atomic mass is 32.2. The topological polar surface area (TPSA) is 105 Å². The predicted octanol–water partition coefficient (Wildman–Crippen LogP) is 2.96. The van der Waals surface area contributed by atoms with E-state index in [4.69, 9.17) is 9.47 Å². The van der Waals surface area contributed by atoms with E-state index in [9.17, 15) is 19.5 Å². The molecule has 0 radical (unpaired) electrons. The molecule has 0 bridgehead atoms. The number of carboxylic acid groups (broad SMARTS) is 1. The molecule has 0 spiro atoms. The number of aliphatic carboxylic acids is 1. The lowest BCUT2D eigenvalue weighted by Crippen LogP contribution is -2.56. The van der Waals surface area contributed by atoms with E-state index in [0.29, 0.717) is 18.9 Å². The van der Waals surface area contributed by atoms with E-state index in [0.717, 1.165) is 11.1 Å². The minimum Gasteiger partial charge on any atom is -0.479 e. The number of hydrogen-bond acceptors (Lipinski definition) is 6. The van der Waals surface area contributed by atoms with Crippen molar-refractivity contribution in [1.82, 2.24) is 10.2 Å². The van der Waals surface area contributed by atoms with Crippen LogP contribution in [0.25, 0.3) is 11.1 Å². The standard InChI is InChI=1S/C25H28N2O6S/c1-27(25(23(29)30)10-12-32-16-25)22(28)15-34-13-11-26-24(31)33-14-21-19-8-4-2-6-17(19)18-7-3-5-9-20(18)21/h2-9,21H,10-16H2,1H3,(H,26,31)(H,29,30). The Bertz CT molecular complexity index is 1020. The van der Waals surface area contributed by atoms with Crippen molar-refractivity contribution in [3.63, 3.8) is 0 Å². The Morgan fingerprint density at radius 3 is 2.38 bits per heavy atom. The zero-order valence-corrected chi connectivity index (χ0v) is 19.8. The number of fused-ring (bicyclic) bond motifs is 3. The summed E-state index contributed by atoms with van der Waals surface area (Å²) < 4.78 is 10.7. The van der Waals surface area contributed by atoms with Crippen LogP contribution >= 0.6 is 11.8 Å². The second-order valence-corrected chi connectivity index (χ2v) is 9.50. The maximum atomic E-state index is 12.5. The van der Waals surface area contributed by atoms with Crippen molar-refractivity contribution >= 4 is 29.7 Å². The van der Waals surface area contributed by atoms with Crippen molar-refractivity contribution in [2.75, 3.05) is 44.9 Å². The number of likely N-dealkylation sites (N-methyl/N-ethyl adjacent to an activating group) is 1. The van der Waals surface area contributed by atoms with Gasteiger partial charge in [-0.1, -0.05) is 48.5 Å². The first-order valence-electron chi connectivity index (χ1n) is 11.2. The zero-order chi connectivity index (χ0) is 24.1. The maximum Gasteiger partial charge on any atom is 0.407 e. The third kappa shape index (κ3) is 4.76. The van der Waals surface area contributed by atoms with Crippen LogP contribution in [-0.4, -0.2) is 78.4 Å². The van der Waals surface area contributed by atoms with E-state index in [2.05, 4.69) is 29.6 Å². The van der Waals surface area contributed by atoms with E-state index in [1.807, 2.05) is 24.3 Å². The molecular weight excluding hydrogens is 456 g/mol. The van der Waals surface area contributed by atoms with E-state index < -0.39 is 17.6 Å². The minimum absolute atomic E-state index is 0.00141. The van der Waals surface area contributed by atoms with E-state index in [1.165, 1.54) is 34.8 Å². The van der Waals surface area contributed by atoms with Crippen LogP contribution < -0.4 is 5.32 Å². The molecule has 2 aromatic carbocycles. The summed E-state index contributed by atoms with van der Waals surface area (Å²) in [5, 5.41) is 12.3. The number of thioether (sulfide) groups is 1. The molecule has 34 heavy (non-hydrogen) atoms. The molecule has 2 aromatic rings. The van der Waals surface area contributed by atoms with Gasteiger partial charge in [-0.3, -0.25) is 4.79 Å². The first-order chi connectivity index (χ1) is 16.4. The van der Waals surface area contributed by atoms with Gasteiger partial charge in [0.05, 0.1) is 12.4 Å². The lowest BCUT2D eigenvalue weighted by molar-refractivity contribution is -0.156. The molecule has 2 amide bonds. The molecular formula is C25H28N2O6S. The average molecular weight is 485 g/mol. The highest BCUT2D eigenvalue weighted by Gasteiger charge is 2.48. The van der Waals surface area contributed by atoms with Gasteiger partial charge in [0.25, 0.3) is 0 Å². The Labute approximate surface area is 202 Å². The summed E-state index contributed by atoms with van der Waals surface area (Å²) in [6.45, 7) is 0.904. The van der Waals surface area contributed by atoms with Crippen LogP contribution in [0.2, 0.25) is 0 Å². The minimum atomic E-state index is -1.29. The summed E-state index contributed by atoms with van der Waals surface area (Å²) in [6.07, 6.45) is -0.225. The van der Waals surface area contributed by atoms with Gasteiger partial charge in [-0.05, 0) is 22.3 Å². The number of alkyl carbamates (subject to hydrolysis) is 1. The zero-order valence-electron chi connectivity index (χ0n) is 19.0. The van der Waals surface area contributed by atoms with Crippen molar-refractivity contribution in [3.05, 3.63) is 59.7 Å². The summed E-state index contributed by atoms with van der Waals surface area (Å²) in [5.41, 5.74) is 3.36. The second-order valence-electron chi connectivity index (χ2n) is 8.40. The van der Waals surface area contributed by atoms with Crippen LogP contribution in [-0.2, 0) is 19.1 Å². The maximum absolute atomic E-state index is 12.5. The van der Waals surface area contributed by atoms with Gasteiger partial charge < -0.3 is 24.8 Å². The fourth-order valence-electron chi connectivity index (χ4n) is 4.50. The van der Waals surface area contributed by atoms with Gasteiger partial charge >= 0.3 is 12.1 Å². The highest BCUT2D eigenvalue weighted by Crippen LogP contribution is 2.44. The number of ether oxygens (including phenoxy) is 2. The van der Waals surface area contributed by atoms with Gasteiger partial charge in [-0.25, -0.2) is 9.59 Å². The number of carbonyl (C=O) groups is 3.